The van der Waals surface area contributed by atoms with Crippen molar-refractivity contribution < 1.29 is 22.6 Å². The van der Waals surface area contributed by atoms with Crippen LogP contribution in [0.4, 0.5) is 13.2 Å². The van der Waals surface area contributed by atoms with Gasteiger partial charge in [0.25, 0.3) is 0 Å². The van der Waals surface area contributed by atoms with E-state index in [9.17, 15) is 13.2 Å². The van der Waals surface area contributed by atoms with Crippen LogP contribution < -0.4 is 0 Å². The highest BCUT2D eigenvalue weighted by molar-refractivity contribution is 5.75. The van der Waals surface area contributed by atoms with E-state index >= 15 is 0 Å². The lowest BCUT2D eigenvalue weighted by atomic mass is 9.89. The summed E-state index contributed by atoms with van der Waals surface area (Å²) in [5, 5.41) is 0. The van der Waals surface area contributed by atoms with Crippen LogP contribution in [0.5, 0.6) is 0 Å². The maximum Gasteiger partial charge on any atom is 0.192 e. The second-order valence-corrected chi connectivity index (χ2v) is 7.90. The molecule has 0 N–H and O–H groups in total. The zero-order chi connectivity index (χ0) is 22.0. The lowest BCUT2D eigenvalue weighted by Gasteiger charge is -2.27. The Morgan fingerprint density at radius 1 is 1.00 bits per heavy atom. The minimum atomic E-state index is -1.83. The van der Waals surface area contributed by atoms with Gasteiger partial charge < -0.3 is 9.47 Å². The van der Waals surface area contributed by atoms with Gasteiger partial charge in [0.05, 0.1) is 19.8 Å². The van der Waals surface area contributed by atoms with Crippen LogP contribution in [0.15, 0.2) is 73.0 Å². The van der Waals surface area contributed by atoms with E-state index in [1.165, 1.54) is 19.3 Å². The fourth-order valence-electron chi connectivity index (χ4n) is 4.18. The molecule has 0 radical (unpaired) electrons. The first-order valence-electron chi connectivity index (χ1n) is 10.4. The third kappa shape index (κ3) is 4.33. The molecule has 2 aromatic rings. The summed E-state index contributed by atoms with van der Waals surface area (Å²) in [5.41, 5.74) is 2.86. The lowest BCUT2D eigenvalue weighted by molar-refractivity contribution is 0.0328. The van der Waals surface area contributed by atoms with Gasteiger partial charge in [-0.25, -0.2) is 13.2 Å². The van der Waals surface area contributed by atoms with Crippen molar-refractivity contribution in [3.05, 3.63) is 90.0 Å². The van der Waals surface area contributed by atoms with Gasteiger partial charge in [-0.3, -0.25) is 0 Å². The van der Waals surface area contributed by atoms with Crippen molar-refractivity contribution in [2.75, 3.05) is 13.7 Å². The molecular weight excluding hydrogens is 401 g/mol. The fourth-order valence-corrected chi connectivity index (χ4v) is 4.18. The molecule has 1 saturated heterocycles. The summed E-state index contributed by atoms with van der Waals surface area (Å²) < 4.78 is 54.1. The predicted molar refractivity (Wildman–Crippen MR) is 117 cm³/mol. The molecular formula is C26H25F3O2. The minimum Gasteiger partial charge on any atom is -0.498 e. The average molecular weight is 426 g/mol. The van der Waals surface area contributed by atoms with Crippen molar-refractivity contribution in [1.29, 1.82) is 0 Å². The Morgan fingerprint density at radius 3 is 2.35 bits per heavy atom. The molecule has 2 nitrogen and oxygen atoms in total. The highest BCUT2D eigenvalue weighted by Crippen LogP contribution is 2.35. The first-order chi connectivity index (χ1) is 15.0. The van der Waals surface area contributed by atoms with Crippen LogP contribution >= 0.6 is 0 Å². The van der Waals surface area contributed by atoms with Crippen LogP contribution in [0.2, 0.25) is 0 Å². The molecule has 4 rings (SSSR count). The molecule has 2 aromatic carbocycles. The van der Waals surface area contributed by atoms with Crippen molar-refractivity contribution in [1.82, 2.24) is 0 Å². The van der Waals surface area contributed by atoms with Gasteiger partial charge in [0.15, 0.2) is 12.3 Å². The van der Waals surface area contributed by atoms with Gasteiger partial charge in [-0.1, -0.05) is 48.6 Å². The monoisotopic (exact) mass is 426 g/mol. The van der Waals surface area contributed by atoms with Gasteiger partial charge in [-0.2, -0.15) is 0 Å². The molecule has 0 saturated carbocycles. The van der Waals surface area contributed by atoms with Crippen molar-refractivity contribution in [2.45, 2.75) is 37.2 Å². The molecule has 0 amide bonds. The smallest absolute Gasteiger partial charge is 0.192 e. The van der Waals surface area contributed by atoms with Crippen molar-refractivity contribution in [3.63, 3.8) is 0 Å². The van der Waals surface area contributed by atoms with Gasteiger partial charge >= 0.3 is 0 Å². The summed E-state index contributed by atoms with van der Waals surface area (Å²) in [6.07, 6.45) is 3.01. The maximum atomic E-state index is 14.9. The number of rotatable bonds is 5. The molecule has 5 heteroatoms. The summed E-state index contributed by atoms with van der Waals surface area (Å²) >= 11 is 0. The normalized spacial score (nSPS) is 26.1. The summed E-state index contributed by atoms with van der Waals surface area (Å²) in [4.78, 5) is 0. The molecule has 1 aliphatic carbocycles. The third-order valence-electron chi connectivity index (χ3n) is 6.06. The van der Waals surface area contributed by atoms with E-state index in [0.29, 0.717) is 23.3 Å². The summed E-state index contributed by atoms with van der Waals surface area (Å²) in [6, 6.07) is 12.1. The van der Waals surface area contributed by atoms with Gasteiger partial charge in [0.2, 0.25) is 0 Å². The zero-order valence-corrected chi connectivity index (χ0v) is 17.4. The minimum absolute atomic E-state index is 0.0293. The molecule has 2 aliphatic rings. The number of allylic oxidation sites excluding steroid dienone is 4. The first-order valence-corrected chi connectivity index (χ1v) is 10.4. The second-order valence-electron chi connectivity index (χ2n) is 7.90. The zero-order valence-electron chi connectivity index (χ0n) is 17.4. The quantitative estimate of drug-likeness (QED) is 0.505. The lowest BCUT2D eigenvalue weighted by Crippen LogP contribution is -2.24. The van der Waals surface area contributed by atoms with E-state index in [1.54, 1.807) is 42.5 Å². The molecule has 1 heterocycles. The molecule has 4 unspecified atom stereocenters. The third-order valence-corrected chi connectivity index (χ3v) is 6.06. The van der Waals surface area contributed by atoms with Crippen LogP contribution in [0.1, 0.15) is 29.9 Å². The molecule has 162 valence electrons. The Bertz CT molecular complexity index is 1000. The van der Waals surface area contributed by atoms with Gasteiger partial charge in [0.1, 0.15) is 11.6 Å². The molecule has 31 heavy (non-hydrogen) atoms. The van der Waals surface area contributed by atoms with Gasteiger partial charge in [-0.15, -0.1) is 6.58 Å². The van der Waals surface area contributed by atoms with Crippen molar-refractivity contribution >= 4 is 5.57 Å². The van der Waals surface area contributed by atoms with E-state index in [-0.39, 0.29) is 29.2 Å². The molecule has 0 aromatic heterocycles. The van der Waals surface area contributed by atoms with Crippen molar-refractivity contribution in [3.8, 4) is 11.1 Å². The highest BCUT2D eigenvalue weighted by atomic mass is 19.2. The van der Waals surface area contributed by atoms with E-state index in [1.807, 2.05) is 6.07 Å². The molecule has 1 aliphatic heterocycles. The largest absolute Gasteiger partial charge is 0.498 e. The second kappa shape index (κ2) is 9.15. The molecule has 1 fully saturated rings. The van der Waals surface area contributed by atoms with Crippen LogP contribution in [0.25, 0.3) is 16.7 Å². The number of benzene rings is 2. The summed E-state index contributed by atoms with van der Waals surface area (Å²) in [6.45, 7) is 4.31. The Balaban J connectivity index is 1.53. The number of halogens is 3. The Labute approximate surface area is 180 Å². The van der Waals surface area contributed by atoms with E-state index in [0.717, 1.165) is 18.4 Å². The fraction of sp³-hybridized carbons (Fsp3) is 0.308. The van der Waals surface area contributed by atoms with Gasteiger partial charge in [0, 0.05) is 11.5 Å². The number of hydrogen-bond donors (Lipinski definition) is 0. The first kappa shape index (κ1) is 21.4. The number of alkyl halides is 2. The highest BCUT2D eigenvalue weighted by Gasteiger charge is 2.32. The summed E-state index contributed by atoms with van der Waals surface area (Å²) in [5.74, 6) is -0.174. The Morgan fingerprint density at radius 2 is 1.74 bits per heavy atom. The van der Waals surface area contributed by atoms with E-state index < -0.39 is 12.3 Å². The average Bonchev–Trinajstić information content (AvgIpc) is 2.81. The topological polar surface area (TPSA) is 18.5 Å². The number of hydrogen-bond acceptors (Lipinski definition) is 2. The van der Waals surface area contributed by atoms with Gasteiger partial charge in [-0.05, 0) is 47.2 Å². The Kier molecular flexibility index (Phi) is 6.33. The van der Waals surface area contributed by atoms with Crippen LogP contribution in [-0.4, -0.2) is 32.2 Å². The van der Waals surface area contributed by atoms with E-state index in [2.05, 4.69) is 6.58 Å². The van der Waals surface area contributed by atoms with Crippen molar-refractivity contribution in [2.24, 2.45) is 0 Å². The molecule has 0 bridgehead atoms. The number of ether oxygens (including phenoxy) is 2. The SMILES string of the molecule is C=CC1CCC(c2ccc(-c3ccc(C4=CC=C(OC)C(F)C4F)cc3)c(F)c2)CO1. The van der Waals surface area contributed by atoms with Crippen LogP contribution in [-0.2, 0) is 9.47 Å². The predicted octanol–water partition coefficient (Wildman–Crippen LogP) is 6.54. The van der Waals surface area contributed by atoms with Crippen LogP contribution in [0.3, 0.4) is 0 Å². The Hall–Kier alpha value is -2.79. The number of methoxy groups -OCH3 is 1. The standard InChI is InChI=1S/C26H25F3O2/c1-3-20-10-8-19(15-31-20)18-9-11-21(23(27)14-18)16-4-6-17(7-5-16)22-12-13-24(30-2)26(29)25(22)28/h3-7,9,11-14,19-20,25-26H,1,8,10,15H2,2H3. The molecule has 4 atom stereocenters. The summed E-state index contributed by atoms with van der Waals surface area (Å²) in [7, 11) is 1.32. The maximum absolute atomic E-state index is 14.9. The van der Waals surface area contributed by atoms with Crippen LogP contribution in [0, 0.1) is 5.82 Å². The molecule has 0 spiro atoms. The van der Waals surface area contributed by atoms with E-state index in [4.69, 9.17) is 9.47 Å².